The van der Waals surface area contributed by atoms with Gasteiger partial charge in [-0.1, -0.05) is 23.4 Å². The molecule has 1 fully saturated rings. The number of carbonyl (C=O) groups excluding carboxylic acids is 2. The fourth-order valence-electron chi connectivity index (χ4n) is 1.78. The number of rotatable bonds is 2. The van der Waals surface area contributed by atoms with Gasteiger partial charge in [0.1, 0.15) is 5.82 Å². The molecule has 0 saturated carbocycles. The molecule has 120 valence electrons. The zero-order chi connectivity index (χ0) is 16.5. The van der Waals surface area contributed by atoms with Crippen LogP contribution < -0.4 is 10.2 Å². The highest BCUT2D eigenvalue weighted by molar-refractivity contribution is 8.01. The van der Waals surface area contributed by atoms with Crippen molar-refractivity contribution in [3.8, 4) is 0 Å². The number of benzene rings is 1. The molecule has 0 aromatic heterocycles. The predicted molar refractivity (Wildman–Crippen MR) is 84.5 cm³/mol. The Morgan fingerprint density at radius 3 is 2.77 bits per heavy atom. The summed E-state index contributed by atoms with van der Waals surface area (Å²) in [5.41, 5.74) is -0.912. The Labute approximate surface area is 137 Å². The maximum atomic E-state index is 13.2. The molecule has 1 N–H and O–H groups in total. The third kappa shape index (κ3) is 4.04. The van der Waals surface area contributed by atoms with Gasteiger partial charge in [-0.2, -0.15) is 0 Å². The maximum absolute atomic E-state index is 13.2. The van der Waals surface area contributed by atoms with Crippen LogP contribution in [0.25, 0.3) is 0 Å². The van der Waals surface area contributed by atoms with Crippen molar-refractivity contribution in [1.29, 1.82) is 0 Å². The molecule has 1 aromatic rings. The number of ether oxygens (including phenoxy) is 1. The lowest BCUT2D eigenvalue weighted by Gasteiger charge is -2.21. The monoisotopic (exact) mass is 346 g/mol. The standard InChI is InChI=1S/C14H16ClFN2O3S/c1-14(2,3)17-13(20)21-12-11(19)18(7-22-12)8-4-5-10(16)9(15)6-8/h4-6,12H,7H2,1-3H3,(H,17,20). The topological polar surface area (TPSA) is 58.6 Å². The highest BCUT2D eigenvalue weighted by Crippen LogP contribution is 2.32. The first-order valence-corrected chi connectivity index (χ1v) is 7.97. The zero-order valence-electron chi connectivity index (χ0n) is 12.4. The van der Waals surface area contributed by atoms with Gasteiger partial charge in [0.2, 0.25) is 5.44 Å². The number of thioether (sulfide) groups is 1. The van der Waals surface area contributed by atoms with Gasteiger partial charge in [-0.15, -0.1) is 0 Å². The van der Waals surface area contributed by atoms with E-state index in [-0.39, 0.29) is 10.9 Å². The second-order valence-electron chi connectivity index (χ2n) is 5.77. The van der Waals surface area contributed by atoms with E-state index in [9.17, 15) is 14.0 Å². The molecule has 0 bridgehead atoms. The average Bonchev–Trinajstić information content (AvgIpc) is 2.72. The summed E-state index contributed by atoms with van der Waals surface area (Å²) in [5, 5.41) is 2.56. The number of anilines is 1. The molecule has 1 unspecified atom stereocenters. The minimum absolute atomic E-state index is 0.0647. The van der Waals surface area contributed by atoms with Crippen LogP contribution in [0.15, 0.2) is 18.2 Å². The van der Waals surface area contributed by atoms with E-state index in [1.54, 1.807) is 0 Å². The molecule has 0 spiro atoms. The van der Waals surface area contributed by atoms with Crippen LogP contribution in [-0.2, 0) is 9.53 Å². The van der Waals surface area contributed by atoms with Gasteiger partial charge >= 0.3 is 6.09 Å². The summed E-state index contributed by atoms with van der Waals surface area (Å²) in [5.74, 6) is -0.632. The van der Waals surface area contributed by atoms with E-state index in [0.717, 1.165) is 0 Å². The molecule has 1 aromatic carbocycles. The number of alkyl carbamates (subject to hydrolysis) is 1. The van der Waals surface area contributed by atoms with E-state index in [1.807, 2.05) is 20.8 Å². The molecule has 0 aliphatic carbocycles. The summed E-state index contributed by atoms with van der Waals surface area (Å²) in [7, 11) is 0. The molecule has 2 amide bonds. The molecule has 0 radical (unpaired) electrons. The Hall–Kier alpha value is -1.47. The van der Waals surface area contributed by atoms with E-state index in [2.05, 4.69) is 5.32 Å². The van der Waals surface area contributed by atoms with Gasteiger partial charge in [0.25, 0.3) is 5.91 Å². The van der Waals surface area contributed by atoms with E-state index in [1.165, 1.54) is 34.9 Å². The lowest BCUT2D eigenvalue weighted by molar-refractivity contribution is -0.122. The van der Waals surface area contributed by atoms with Crippen LogP contribution in [0, 0.1) is 5.82 Å². The summed E-state index contributed by atoms with van der Waals surface area (Å²) in [6.07, 6.45) is -0.655. The first-order chi connectivity index (χ1) is 10.2. The molecular formula is C14H16ClFN2O3S. The van der Waals surface area contributed by atoms with Crippen LogP contribution in [0.3, 0.4) is 0 Å². The fourth-order valence-corrected chi connectivity index (χ4v) is 2.94. The molecule has 1 aliphatic rings. The molecule has 22 heavy (non-hydrogen) atoms. The van der Waals surface area contributed by atoms with Gasteiger partial charge in [-0.05, 0) is 39.0 Å². The van der Waals surface area contributed by atoms with Crippen molar-refractivity contribution in [3.05, 3.63) is 29.0 Å². The Kier molecular flexibility index (Phi) is 4.87. The minimum Gasteiger partial charge on any atom is -0.425 e. The van der Waals surface area contributed by atoms with Crippen LogP contribution in [-0.4, -0.2) is 28.9 Å². The molecular weight excluding hydrogens is 331 g/mol. The van der Waals surface area contributed by atoms with Crippen LogP contribution in [0.2, 0.25) is 5.02 Å². The normalized spacial score (nSPS) is 18.5. The predicted octanol–water partition coefficient (Wildman–Crippen LogP) is 3.37. The highest BCUT2D eigenvalue weighted by atomic mass is 35.5. The zero-order valence-corrected chi connectivity index (χ0v) is 13.9. The average molecular weight is 347 g/mol. The van der Waals surface area contributed by atoms with Crippen molar-refractivity contribution in [3.63, 3.8) is 0 Å². The molecule has 1 saturated heterocycles. The van der Waals surface area contributed by atoms with Crippen molar-refractivity contribution >= 4 is 41.1 Å². The molecule has 8 heteroatoms. The second kappa shape index (κ2) is 6.34. The molecule has 1 aliphatic heterocycles. The Bertz CT molecular complexity index is 606. The highest BCUT2D eigenvalue weighted by Gasteiger charge is 2.37. The smallest absolute Gasteiger partial charge is 0.409 e. The number of halogens is 2. The van der Waals surface area contributed by atoms with Gasteiger partial charge in [-0.3, -0.25) is 9.69 Å². The molecule has 5 nitrogen and oxygen atoms in total. The fraction of sp³-hybridized carbons (Fsp3) is 0.429. The summed E-state index contributed by atoms with van der Waals surface area (Å²) in [4.78, 5) is 25.4. The minimum atomic E-state index is -0.925. The van der Waals surface area contributed by atoms with Crippen LogP contribution in [0.5, 0.6) is 0 Å². The van der Waals surface area contributed by atoms with Crippen molar-refractivity contribution < 1.29 is 18.7 Å². The third-order valence-corrected chi connectivity index (χ3v) is 4.03. The summed E-state index contributed by atoms with van der Waals surface area (Å²) < 4.78 is 18.3. The van der Waals surface area contributed by atoms with Crippen molar-refractivity contribution in [1.82, 2.24) is 5.32 Å². The van der Waals surface area contributed by atoms with E-state index in [4.69, 9.17) is 16.3 Å². The maximum Gasteiger partial charge on any atom is 0.409 e. The van der Waals surface area contributed by atoms with Gasteiger partial charge in [0.05, 0.1) is 10.9 Å². The number of hydrogen-bond donors (Lipinski definition) is 1. The van der Waals surface area contributed by atoms with Crippen LogP contribution in [0.4, 0.5) is 14.9 Å². The number of nitrogens with zero attached hydrogens (tertiary/aromatic N) is 1. The van der Waals surface area contributed by atoms with E-state index < -0.39 is 22.9 Å². The first kappa shape index (κ1) is 16.9. The van der Waals surface area contributed by atoms with Crippen LogP contribution in [0.1, 0.15) is 20.8 Å². The van der Waals surface area contributed by atoms with E-state index in [0.29, 0.717) is 11.6 Å². The summed E-state index contributed by atoms with van der Waals surface area (Å²) >= 11 is 6.89. The van der Waals surface area contributed by atoms with Gasteiger partial charge in [0.15, 0.2) is 0 Å². The number of hydrogen-bond acceptors (Lipinski definition) is 4. The van der Waals surface area contributed by atoms with Gasteiger partial charge in [-0.25, -0.2) is 9.18 Å². The molecule has 1 atom stereocenters. The lowest BCUT2D eigenvalue weighted by atomic mass is 10.1. The Morgan fingerprint density at radius 2 is 2.18 bits per heavy atom. The van der Waals surface area contributed by atoms with Crippen LogP contribution >= 0.6 is 23.4 Å². The number of carbonyl (C=O) groups is 2. The van der Waals surface area contributed by atoms with Gasteiger partial charge in [0, 0.05) is 11.2 Å². The summed E-state index contributed by atoms with van der Waals surface area (Å²) in [6.45, 7) is 5.43. The first-order valence-electron chi connectivity index (χ1n) is 6.54. The van der Waals surface area contributed by atoms with Crippen molar-refractivity contribution in [2.75, 3.05) is 10.8 Å². The molecule has 2 rings (SSSR count). The van der Waals surface area contributed by atoms with Gasteiger partial charge < -0.3 is 10.1 Å². The SMILES string of the molecule is CC(C)(C)NC(=O)OC1SCN(c2ccc(F)c(Cl)c2)C1=O. The number of nitrogens with one attached hydrogen (secondary N) is 1. The largest absolute Gasteiger partial charge is 0.425 e. The second-order valence-corrected chi connectivity index (χ2v) is 7.20. The third-order valence-electron chi connectivity index (χ3n) is 2.73. The lowest BCUT2D eigenvalue weighted by Crippen LogP contribution is -2.43. The Morgan fingerprint density at radius 1 is 1.50 bits per heavy atom. The van der Waals surface area contributed by atoms with Crippen molar-refractivity contribution in [2.24, 2.45) is 0 Å². The van der Waals surface area contributed by atoms with E-state index >= 15 is 0 Å². The quantitative estimate of drug-likeness (QED) is 0.892. The summed E-state index contributed by atoms with van der Waals surface area (Å²) in [6, 6.07) is 4.01. The molecule has 1 heterocycles. The Balaban J connectivity index is 2.03. The number of amides is 2. The van der Waals surface area contributed by atoms with Crippen molar-refractivity contribution in [2.45, 2.75) is 31.7 Å².